The second-order valence-corrected chi connectivity index (χ2v) is 7.38. The van der Waals surface area contributed by atoms with E-state index in [-0.39, 0.29) is 6.09 Å². The topological polar surface area (TPSA) is 50.4 Å². The van der Waals surface area contributed by atoms with Crippen LogP contribution in [-0.4, -0.2) is 30.3 Å². The summed E-state index contributed by atoms with van der Waals surface area (Å²) in [5.41, 5.74) is -0.427. The first-order valence-corrected chi connectivity index (χ1v) is 7.92. The fourth-order valence-corrected chi connectivity index (χ4v) is 2.56. The van der Waals surface area contributed by atoms with Crippen molar-refractivity contribution in [2.45, 2.75) is 78.5 Å². The predicted molar refractivity (Wildman–Crippen MR) is 82.8 cm³/mol. The van der Waals surface area contributed by atoms with E-state index in [1.54, 1.807) is 0 Å². The van der Waals surface area contributed by atoms with Gasteiger partial charge in [-0.3, -0.25) is 0 Å². The van der Waals surface area contributed by atoms with Gasteiger partial charge in [0.1, 0.15) is 5.60 Å². The SMILES string of the molecule is CC(C)C(C)NC1CCCC1CNC(=O)OC(C)(C)C. The van der Waals surface area contributed by atoms with Crippen LogP contribution >= 0.6 is 0 Å². The maximum Gasteiger partial charge on any atom is 0.407 e. The molecular weight excluding hydrogens is 252 g/mol. The third kappa shape index (κ3) is 6.12. The van der Waals surface area contributed by atoms with Crippen molar-refractivity contribution in [2.75, 3.05) is 6.54 Å². The number of amides is 1. The summed E-state index contributed by atoms with van der Waals surface area (Å²) in [6, 6.07) is 1.03. The molecule has 1 aliphatic carbocycles. The smallest absolute Gasteiger partial charge is 0.407 e. The maximum absolute atomic E-state index is 11.7. The van der Waals surface area contributed by atoms with Gasteiger partial charge in [-0.05, 0) is 52.4 Å². The molecule has 0 radical (unpaired) electrons. The number of nitrogens with one attached hydrogen (secondary N) is 2. The van der Waals surface area contributed by atoms with Crippen LogP contribution in [0.25, 0.3) is 0 Å². The molecule has 0 saturated heterocycles. The van der Waals surface area contributed by atoms with E-state index >= 15 is 0 Å². The van der Waals surface area contributed by atoms with Gasteiger partial charge in [-0.2, -0.15) is 0 Å². The molecule has 1 aliphatic rings. The number of rotatable bonds is 5. The number of ether oxygens (including phenoxy) is 1. The zero-order valence-electron chi connectivity index (χ0n) is 14.0. The van der Waals surface area contributed by atoms with Gasteiger partial charge in [-0.15, -0.1) is 0 Å². The third-order valence-electron chi connectivity index (χ3n) is 4.04. The summed E-state index contributed by atoms with van der Waals surface area (Å²) in [6.45, 7) is 13.1. The molecule has 0 heterocycles. The van der Waals surface area contributed by atoms with E-state index in [1.165, 1.54) is 19.3 Å². The monoisotopic (exact) mass is 284 g/mol. The summed E-state index contributed by atoms with van der Waals surface area (Å²) in [5, 5.41) is 6.62. The molecule has 1 saturated carbocycles. The quantitative estimate of drug-likeness (QED) is 0.814. The zero-order valence-corrected chi connectivity index (χ0v) is 14.0. The second-order valence-electron chi connectivity index (χ2n) is 7.38. The summed E-state index contributed by atoms with van der Waals surface area (Å²) < 4.78 is 5.28. The Morgan fingerprint density at radius 1 is 1.25 bits per heavy atom. The fourth-order valence-electron chi connectivity index (χ4n) is 2.56. The number of carbonyl (C=O) groups is 1. The van der Waals surface area contributed by atoms with Gasteiger partial charge in [0.05, 0.1) is 0 Å². The molecule has 1 amide bonds. The number of carbonyl (C=O) groups excluding carboxylic acids is 1. The Morgan fingerprint density at radius 3 is 2.45 bits per heavy atom. The number of hydrogen-bond donors (Lipinski definition) is 2. The number of alkyl carbamates (subject to hydrolysis) is 1. The van der Waals surface area contributed by atoms with Crippen molar-refractivity contribution in [3.8, 4) is 0 Å². The molecule has 20 heavy (non-hydrogen) atoms. The molecular formula is C16H32N2O2. The van der Waals surface area contributed by atoms with Crippen LogP contribution in [0.2, 0.25) is 0 Å². The lowest BCUT2D eigenvalue weighted by Gasteiger charge is -2.27. The van der Waals surface area contributed by atoms with Crippen LogP contribution in [0.1, 0.15) is 60.8 Å². The predicted octanol–water partition coefficient (Wildman–Crippen LogP) is 3.31. The van der Waals surface area contributed by atoms with Gasteiger partial charge < -0.3 is 15.4 Å². The molecule has 3 atom stereocenters. The van der Waals surface area contributed by atoms with Crippen molar-refractivity contribution in [3.63, 3.8) is 0 Å². The van der Waals surface area contributed by atoms with Gasteiger partial charge in [0, 0.05) is 18.6 Å². The van der Waals surface area contributed by atoms with Gasteiger partial charge in [0.15, 0.2) is 0 Å². The highest BCUT2D eigenvalue weighted by molar-refractivity contribution is 5.67. The molecule has 4 nitrogen and oxygen atoms in total. The van der Waals surface area contributed by atoms with Crippen LogP contribution in [-0.2, 0) is 4.74 Å². The average Bonchev–Trinajstić information content (AvgIpc) is 2.71. The van der Waals surface area contributed by atoms with Gasteiger partial charge in [0.2, 0.25) is 0 Å². The van der Waals surface area contributed by atoms with E-state index in [2.05, 4.69) is 31.4 Å². The van der Waals surface area contributed by atoms with E-state index in [1.807, 2.05) is 20.8 Å². The Balaban J connectivity index is 2.37. The zero-order chi connectivity index (χ0) is 15.3. The minimum absolute atomic E-state index is 0.306. The highest BCUT2D eigenvalue weighted by Gasteiger charge is 2.29. The Bertz CT molecular complexity index is 310. The molecule has 0 spiro atoms. The first kappa shape index (κ1) is 17.3. The van der Waals surface area contributed by atoms with Gasteiger partial charge in [0.25, 0.3) is 0 Å². The molecule has 118 valence electrons. The van der Waals surface area contributed by atoms with Crippen molar-refractivity contribution in [2.24, 2.45) is 11.8 Å². The summed E-state index contributed by atoms with van der Waals surface area (Å²) in [6.07, 6.45) is 3.32. The van der Waals surface area contributed by atoms with Crippen LogP contribution in [0.15, 0.2) is 0 Å². The molecule has 1 rings (SSSR count). The highest BCUT2D eigenvalue weighted by Crippen LogP contribution is 2.26. The lowest BCUT2D eigenvalue weighted by Crippen LogP contribution is -2.45. The summed E-state index contributed by atoms with van der Waals surface area (Å²) in [7, 11) is 0. The van der Waals surface area contributed by atoms with Crippen molar-refractivity contribution in [3.05, 3.63) is 0 Å². The number of hydrogen-bond acceptors (Lipinski definition) is 3. The Hall–Kier alpha value is -0.770. The molecule has 0 aromatic rings. The van der Waals surface area contributed by atoms with Gasteiger partial charge in [-0.25, -0.2) is 4.79 Å². The summed E-state index contributed by atoms with van der Waals surface area (Å²) in [5.74, 6) is 1.15. The molecule has 1 fully saturated rings. The Kier molecular flexibility index (Phi) is 6.31. The molecule has 0 bridgehead atoms. The molecule has 0 aliphatic heterocycles. The fraction of sp³-hybridized carbons (Fsp3) is 0.938. The van der Waals surface area contributed by atoms with E-state index in [0.29, 0.717) is 30.5 Å². The molecule has 4 heteroatoms. The van der Waals surface area contributed by atoms with Crippen molar-refractivity contribution < 1.29 is 9.53 Å². The van der Waals surface area contributed by atoms with E-state index < -0.39 is 5.60 Å². The van der Waals surface area contributed by atoms with Crippen molar-refractivity contribution in [1.29, 1.82) is 0 Å². The third-order valence-corrected chi connectivity index (χ3v) is 4.04. The van der Waals surface area contributed by atoms with Crippen molar-refractivity contribution >= 4 is 6.09 Å². The lowest BCUT2D eigenvalue weighted by atomic mass is 10.00. The van der Waals surface area contributed by atoms with E-state index in [0.717, 1.165) is 0 Å². The highest BCUT2D eigenvalue weighted by atomic mass is 16.6. The minimum Gasteiger partial charge on any atom is -0.444 e. The Morgan fingerprint density at radius 2 is 1.90 bits per heavy atom. The van der Waals surface area contributed by atoms with Crippen LogP contribution in [0.3, 0.4) is 0 Å². The largest absolute Gasteiger partial charge is 0.444 e. The van der Waals surface area contributed by atoms with Gasteiger partial charge in [-0.1, -0.05) is 20.3 Å². The summed E-state index contributed by atoms with van der Waals surface area (Å²) >= 11 is 0. The first-order valence-electron chi connectivity index (χ1n) is 7.92. The van der Waals surface area contributed by atoms with Crippen molar-refractivity contribution in [1.82, 2.24) is 10.6 Å². The lowest BCUT2D eigenvalue weighted by molar-refractivity contribution is 0.0517. The van der Waals surface area contributed by atoms with Crippen LogP contribution in [0.5, 0.6) is 0 Å². The van der Waals surface area contributed by atoms with E-state index in [9.17, 15) is 4.79 Å². The standard InChI is InChI=1S/C16H32N2O2/c1-11(2)12(3)18-14-9-7-8-13(14)10-17-15(19)20-16(4,5)6/h11-14,18H,7-10H2,1-6H3,(H,17,19). The molecule has 3 unspecified atom stereocenters. The second kappa shape index (κ2) is 7.30. The average molecular weight is 284 g/mol. The molecule has 0 aromatic carbocycles. The molecule has 2 N–H and O–H groups in total. The normalized spacial score (nSPS) is 24.8. The minimum atomic E-state index is -0.427. The molecule has 0 aromatic heterocycles. The Labute approximate surface area is 124 Å². The van der Waals surface area contributed by atoms with Crippen LogP contribution < -0.4 is 10.6 Å². The van der Waals surface area contributed by atoms with E-state index in [4.69, 9.17) is 4.74 Å². The maximum atomic E-state index is 11.7. The van der Waals surface area contributed by atoms with Crippen LogP contribution in [0.4, 0.5) is 4.79 Å². The first-order chi connectivity index (χ1) is 9.19. The van der Waals surface area contributed by atoms with Crippen LogP contribution in [0, 0.1) is 11.8 Å². The van der Waals surface area contributed by atoms with Gasteiger partial charge >= 0.3 is 6.09 Å². The summed E-state index contributed by atoms with van der Waals surface area (Å²) in [4.78, 5) is 11.7.